The number of rotatable bonds is 1. The Morgan fingerprint density at radius 1 is 1.44 bits per heavy atom. The van der Waals surface area contributed by atoms with E-state index in [1.54, 1.807) is 0 Å². The Morgan fingerprint density at radius 2 is 2.11 bits per heavy atom. The van der Waals surface area contributed by atoms with Crippen LogP contribution in [0, 0.1) is 5.92 Å². The number of amides is 1. The van der Waals surface area contributed by atoms with Gasteiger partial charge in [0.2, 0.25) is 0 Å². The SMILES string of the molecule is CC(C)(C)OC(=O)N[C@@H]1C[C@H](I)[C@@H]2C[C@H]1C(=O)O2. The zero-order chi connectivity index (χ0) is 13.5. The van der Waals surface area contributed by atoms with Crippen molar-refractivity contribution in [3.8, 4) is 0 Å². The van der Waals surface area contributed by atoms with Crippen LogP contribution in [0.1, 0.15) is 33.6 Å². The van der Waals surface area contributed by atoms with Crippen molar-refractivity contribution in [3.05, 3.63) is 0 Å². The standard InChI is InChI=1S/C12H18INO4/c1-12(2,3)18-11(16)14-8-5-7(13)9-4-6(8)10(15)17-9/h6-9H,4-5H2,1-3H3,(H,14,16)/t6-,7+,8-,9+/m1/s1. The highest BCUT2D eigenvalue weighted by Gasteiger charge is 2.48. The maximum atomic E-state index is 11.7. The molecule has 1 saturated heterocycles. The lowest BCUT2D eigenvalue weighted by atomic mass is 9.85. The molecule has 1 heterocycles. The van der Waals surface area contributed by atoms with Crippen LogP contribution in [-0.4, -0.2) is 33.7 Å². The first-order chi connectivity index (χ1) is 8.26. The van der Waals surface area contributed by atoms with Gasteiger partial charge in [-0.1, -0.05) is 22.6 Å². The molecule has 0 radical (unpaired) electrons. The van der Waals surface area contributed by atoms with E-state index in [9.17, 15) is 9.59 Å². The van der Waals surface area contributed by atoms with Crippen molar-refractivity contribution in [2.24, 2.45) is 5.92 Å². The molecule has 0 aromatic heterocycles. The number of ether oxygens (including phenoxy) is 2. The van der Waals surface area contributed by atoms with Gasteiger partial charge in [0.1, 0.15) is 11.7 Å². The highest BCUT2D eigenvalue weighted by atomic mass is 127. The van der Waals surface area contributed by atoms with Gasteiger partial charge in [-0.2, -0.15) is 0 Å². The van der Waals surface area contributed by atoms with Crippen LogP contribution in [0.2, 0.25) is 0 Å². The Bertz CT molecular complexity index is 366. The number of hydrogen-bond acceptors (Lipinski definition) is 4. The number of nitrogens with one attached hydrogen (secondary N) is 1. The largest absolute Gasteiger partial charge is 0.461 e. The topological polar surface area (TPSA) is 64.6 Å². The molecule has 1 aliphatic carbocycles. The molecule has 0 aromatic rings. The summed E-state index contributed by atoms with van der Waals surface area (Å²) in [6, 6.07) is -0.173. The van der Waals surface area contributed by atoms with E-state index in [2.05, 4.69) is 27.9 Å². The number of alkyl carbamates (subject to hydrolysis) is 1. The zero-order valence-electron chi connectivity index (χ0n) is 10.7. The number of alkyl halides is 1. The molecule has 18 heavy (non-hydrogen) atoms. The Hall–Kier alpha value is -0.530. The van der Waals surface area contributed by atoms with Crippen molar-refractivity contribution in [1.29, 1.82) is 0 Å². The molecule has 5 nitrogen and oxygen atoms in total. The molecule has 2 rings (SSSR count). The first-order valence-electron chi connectivity index (χ1n) is 6.10. The number of esters is 1. The molecule has 6 heteroatoms. The second-order valence-electron chi connectivity index (χ2n) is 5.82. The Morgan fingerprint density at radius 3 is 2.72 bits per heavy atom. The number of halogens is 1. The number of hydrogen-bond donors (Lipinski definition) is 1. The monoisotopic (exact) mass is 367 g/mol. The summed E-state index contributed by atoms with van der Waals surface area (Å²) in [7, 11) is 0. The van der Waals surface area contributed by atoms with Gasteiger partial charge in [0.25, 0.3) is 0 Å². The van der Waals surface area contributed by atoms with Crippen LogP contribution in [-0.2, 0) is 14.3 Å². The van der Waals surface area contributed by atoms with Gasteiger partial charge in [-0.15, -0.1) is 0 Å². The summed E-state index contributed by atoms with van der Waals surface area (Å²) in [5.41, 5.74) is -0.527. The second kappa shape index (κ2) is 4.86. The molecule has 102 valence electrons. The van der Waals surface area contributed by atoms with Gasteiger partial charge in [-0.05, 0) is 27.2 Å². The molecular weight excluding hydrogens is 349 g/mol. The molecule has 0 aromatic carbocycles. The summed E-state index contributed by atoms with van der Waals surface area (Å²) in [5.74, 6) is -0.409. The first-order valence-corrected chi connectivity index (χ1v) is 7.35. The lowest BCUT2D eigenvalue weighted by molar-refractivity contribution is -0.143. The van der Waals surface area contributed by atoms with Crippen molar-refractivity contribution in [2.75, 3.05) is 0 Å². The summed E-state index contributed by atoms with van der Waals surface area (Å²) in [6.45, 7) is 5.44. The van der Waals surface area contributed by atoms with Gasteiger partial charge in [0.05, 0.1) is 9.84 Å². The zero-order valence-corrected chi connectivity index (χ0v) is 12.9. The van der Waals surface area contributed by atoms with E-state index in [0.717, 1.165) is 6.42 Å². The van der Waals surface area contributed by atoms with Crippen molar-refractivity contribution >= 4 is 34.7 Å². The van der Waals surface area contributed by atoms with Gasteiger partial charge >= 0.3 is 12.1 Å². The lowest BCUT2D eigenvalue weighted by Gasteiger charge is -2.30. The van der Waals surface area contributed by atoms with E-state index in [0.29, 0.717) is 6.42 Å². The van der Waals surface area contributed by atoms with E-state index in [-0.39, 0.29) is 28.0 Å². The Kier molecular flexibility index (Phi) is 3.75. The molecule has 1 saturated carbocycles. The summed E-state index contributed by atoms with van der Waals surface area (Å²) in [4.78, 5) is 23.4. The molecule has 1 amide bonds. The third kappa shape index (κ3) is 3.07. The molecule has 1 N–H and O–H groups in total. The van der Waals surface area contributed by atoms with E-state index in [1.807, 2.05) is 20.8 Å². The lowest BCUT2D eigenvalue weighted by Crippen LogP contribution is -2.47. The van der Waals surface area contributed by atoms with Gasteiger partial charge < -0.3 is 14.8 Å². The number of carbonyl (C=O) groups is 2. The normalized spacial score (nSPS) is 35.0. The smallest absolute Gasteiger partial charge is 0.407 e. The maximum Gasteiger partial charge on any atom is 0.407 e. The van der Waals surface area contributed by atoms with E-state index >= 15 is 0 Å². The summed E-state index contributed by atoms with van der Waals surface area (Å²) < 4.78 is 10.7. The molecule has 1 aliphatic heterocycles. The molecule has 0 spiro atoms. The minimum atomic E-state index is -0.527. The summed E-state index contributed by atoms with van der Waals surface area (Å²) >= 11 is 2.28. The predicted octanol–water partition coefficient (Wildman–Crippen LogP) is 2.02. The van der Waals surface area contributed by atoms with E-state index < -0.39 is 11.7 Å². The molecule has 4 atom stereocenters. The molecule has 0 unspecified atom stereocenters. The van der Waals surface area contributed by atoms with E-state index in [4.69, 9.17) is 9.47 Å². The van der Waals surface area contributed by atoms with Crippen LogP contribution in [0.4, 0.5) is 4.79 Å². The minimum Gasteiger partial charge on any atom is -0.461 e. The average molecular weight is 367 g/mol. The Balaban J connectivity index is 1.97. The van der Waals surface area contributed by atoms with Crippen LogP contribution in [0.15, 0.2) is 0 Å². The number of carbonyl (C=O) groups excluding carboxylic acids is 2. The third-order valence-corrected chi connectivity index (χ3v) is 4.44. The van der Waals surface area contributed by atoms with Gasteiger partial charge in [-0.25, -0.2) is 4.79 Å². The average Bonchev–Trinajstić information content (AvgIpc) is 2.51. The van der Waals surface area contributed by atoms with Gasteiger partial charge in [0.15, 0.2) is 0 Å². The van der Waals surface area contributed by atoms with Crippen molar-refractivity contribution < 1.29 is 19.1 Å². The molecular formula is C12H18INO4. The molecule has 2 aliphatic rings. The minimum absolute atomic E-state index is 0.0137. The van der Waals surface area contributed by atoms with Crippen LogP contribution >= 0.6 is 22.6 Å². The fourth-order valence-corrected chi connectivity index (χ4v) is 3.35. The van der Waals surface area contributed by atoms with Crippen LogP contribution in [0.5, 0.6) is 0 Å². The highest BCUT2D eigenvalue weighted by molar-refractivity contribution is 14.1. The summed E-state index contributed by atoms with van der Waals surface area (Å²) in [5, 5.41) is 2.80. The molecule has 2 fully saturated rings. The fraction of sp³-hybridized carbons (Fsp3) is 0.833. The van der Waals surface area contributed by atoms with Crippen molar-refractivity contribution in [1.82, 2.24) is 5.32 Å². The van der Waals surface area contributed by atoms with E-state index in [1.165, 1.54) is 0 Å². The Labute approximate surface area is 120 Å². The number of fused-ring (bicyclic) bond motifs is 2. The first kappa shape index (κ1) is 13.9. The van der Waals surface area contributed by atoms with Crippen LogP contribution < -0.4 is 5.32 Å². The van der Waals surface area contributed by atoms with Crippen molar-refractivity contribution in [3.63, 3.8) is 0 Å². The predicted molar refractivity (Wildman–Crippen MR) is 73.6 cm³/mol. The van der Waals surface area contributed by atoms with Crippen LogP contribution in [0.25, 0.3) is 0 Å². The fourth-order valence-electron chi connectivity index (χ4n) is 2.36. The highest BCUT2D eigenvalue weighted by Crippen LogP contribution is 2.38. The quantitative estimate of drug-likeness (QED) is 0.438. The van der Waals surface area contributed by atoms with Crippen molar-refractivity contribution in [2.45, 2.75) is 55.3 Å². The van der Waals surface area contributed by atoms with Crippen LogP contribution in [0.3, 0.4) is 0 Å². The molecule has 2 bridgehead atoms. The van der Waals surface area contributed by atoms with Gasteiger partial charge in [-0.3, -0.25) is 4.79 Å². The summed E-state index contributed by atoms with van der Waals surface area (Å²) in [6.07, 6.45) is 1.00. The maximum absolute atomic E-state index is 11.7. The third-order valence-electron chi connectivity index (χ3n) is 3.13. The second-order valence-corrected chi connectivity index (χ2v) is 7.42. The van der Waals surface area contributed by atoms with Gasteiger partial charge in [0, 0.05) is 12.5 Å².